The van der Waals surface area contributed by atoms with E-state index in [-0.39, 0.29) is 0 Å². The maximum atomic E-state index is 5.74. The van der Waals surface area contributed by atoms with Gasteiger partial charge in [-0.3, -0.25) is 0 Å². The van der Waals surface area contributed by atoms with Crippen molar-refractivity contribution in [3.63, 3.8) is 0 Å². The van der Waals surface area contributed by atoms with Crippen LogP contribution in [0, 0.1) is 40.5 Å². The maximum Gasteiger partial charge on any atom is 0.0551 e. The van der Waals surface area contributed by atoms with E-state index in [1.54, 1.807) is 0 Å². The van der Waals surface area contributed by atoms with Crippen molar-refractivity contribution >= 4 is 15.9 Å². The average Bonchev–Trinajstić information content (AvgIpc) is 2.81. The van der Waals surface area contributed by atoms with E-state index in [1.807, 2.05) is 0 Å². The van der Waals surface area contributed by atoms with E-state index in [0.29, 0.717) is 16.8 Å². The minimum atomic E-state index is 0.401. The van der Waals surface area contributed by atoms with Gasteiger partial charge in [-0.15, -0.1) is 0 Å². The fourth-order valence-electron chi connectivity index (χ4n) is 3.23. The van der Waals surface area contributed by atoms with E-state index in [9.17, 15) is 0 Å². The van der Waals surface area contributed by atoms with Crippen LogP contribution in [0.25, 0.3) is 0 Å². The Bertz CT molecular complexity index is 464. The minimum Gasteiger partial charge on any atom is -0.378 e. The van der Waals surface area contributed by atoms with Crippen LogP contribution in [0.3, 0.4) is 0 Å². The molecule has 1 aromatic carbocycles. The molecule has 0 amide bonds. The topological polar surface area (TPSA) is 9.23 Å². The number of halogens is 1. The zero-order valence-electron chi connectivity index (χ0n) is 12.9. The Morgan fingerprint density at radius 3 is 1.84 bits per heavy atom. The van der Waals surface area contributed by atoms with Crippen LogP contribution in [-0.4, -0.2) is 12.7 Å². The van der Waals surface area contributed by atoms with Gasteiger partial charge in [0, 0.05) is 10.7 Å². The largest absolute Gasteiger partial charge is 0.378 e. The van der Waals surface area contributed by atoms with Crippen molar-refractivity contribution in [2.45, 2.75) is 58.9 Å². The van der Waals surface area contributed by atoms with Crippen molar-refractivity contribution in [1.29, 1.82) is 0 Å². The molecule has 106 valence electrons. The summed E-state index contributed by atoms with van der Waals surface area (Å²) in [7, 11) is 0. The van der Waals surface area contributed by atoms with Gasteiger partial charge in [-0.2, -0.15) is 0 Å². The summed E-state index contributed by atoms with van der Waals surface area (Å²) in [6.45, 7) is 14.3. The van der Waals surface area contributed by atoms with Gasteiger partial charge in [0.15, 0.2) is 0 Å². The Kier molecular flexibility index (Phi) is 4.42. The van der Waals surface area contributed by atoms with Crippen molar-refractivity contribution in [3.05, 3.63) is 33.4 Å². The molecular weight excluding hydrogens is 300 g/mol. The van der Waals surface area contributed by atoms with Crippen molar-refractivity contribution in [3.8, 4) is 0 Å². The molecule has 0 bridgehead atoms. The molecule has 1 aliphatic heterocycles. The molecule has 0 aromatic heterocycles. The van der Waals surface area contributed by atoms with Crippen molar-refractivity contribution in [2.75, 3.05) is 6.61 Å². The van der Waals surface area contributed by atoms with Crippen LogP contribution in [0.2, 0.25) is 0 Å². The first-order valence-electron chi connectivity index (χ1n) is 7.17. The smallest absolute Gasteiger partial charge is 0.0551 e. The highest BCUT2D eigenvalue weighted by Gasteiger charge is 2.31. The van der Waals surface area contributed by atoms with Gasteiger partial charge in [-0.25, -0.2) is 0 Å². The first kappa shape index (κ1) is 15.1. The van der Waals surface area contributed by atoms with Gasteiger partial charge in [-0.1, -0.05) is 15.9 Å². The highest BCUT2D eigenvalue weighted by molar-refractivity contribution is 9.09. The summed E-state index contributed by atoms with van der Waals surface area (Å²) < 4.78 is 5.74. The Balaban J connectivity index is 2.45. The third-order valence-corrected chi connectivity index (χ3v) is 6.18. The first-order valence-corrected chi connectivity index (χ1v) is 8.08. The second-order valence-electron chi connectivity index (χ2n) is 6.08. The van der Waals surface area contributed by atoms with Gasteiger partial charge < -0.3 is 4.74 Å². The minimum absolute atomic E-state index is 0.401. The molecule has 1 nitrogen and oxygen atoms in total. The lowest BCUT2D eigenvalue weighted by Crippen LogP contribution is -2.13. The summed E-state index contributed by atoms with van der Waals surface area (Å²) in [6.07, 6.45) is 1.55. The molecule has 1 saturated heterocycles. The van der Waals surface area contributed by atoms with E-state index in [4.69, 9.17) is 4.74 Å². The standard InChI is InChI=1S/C17H25BrO/c1-9-7-15(8-19-9)17(18)16-13(5)11(3)10(2)12(4)14(16)6/h9,15,17H,7-8H2,1-6H3. The fourth-order valence-corrected chi connectivity index (χ4v) is 4.29. The summed E-state index contributed by atoms with van der Waals surface area (Å²) in [4.78, 5) is 0.412. The highest BCUT2D eigenvalue weighted by Crippen LogP contribution is 2.42. The molecule has 3 atom stereocenters. The second-order valence-corrected chi connectivity index (χ2v) is 7.07. The number of alkyl halides is 1. The van der Waals surface area contributed by atoms with Gasteiger partial charge in [0.1, 0.15) is 0 Å². The Labute approximate surface area is 125 Å². The molecule has 0 radical (unpaired) electrons. The predicted molar refractivity (Wildman–Crippen MR) is 85.3 cm³/mol. The second kappa shape index (κ2) is 5.57. The van der Waals surface area contributed by atoms with Gasteiger partial charge in [0.05, 0.1) is 12.7 Å². The first-order chi connectivity index (χ1) is 8.84. The summed E-state index contributed by atoms with van der Waals surface area (Å²) in [5.74, 6) is 0.592. The molecule has 0 saturated carbocycles. The lowest BCUT2D eigenvalue weighted by molar-refractivity contribution is 0.120. The summed E-state index contributed by atoms with van der Waals surface area (Å²) in [5, 5.41) is 0. The lowest BCUT2D eigenvalue weighted by Gasteiger charge is -2.25. The number of hydrogen-bond acceptors (Lipinski definition) is 1. The zero-order valence-corrected chi connectivity index (χ0v) is 14.5. The zero-order chi connectivity index (χ0) is 14.3. The van der Waals surface area contributed by atoms with Crippen LogP contribution < -0.4 is 0 Å². The molecule has 3 unspecified atom stereocenters. The molecule has 0 aliphatic carbocycles. The van der Waals surface area contributed by atoms with Crippen LogP contribution in [0.1, 0.15) is 51.6 Å². The molecule has 19 heavy (non-hydrogen) atoms. The van der Waals surface area contributed by atoms with E-state index in [1.165, 1.54) is 33.4 Å². The Hall–Kier alpha value is -0.340. The van der Waals surface area contributed by atoms with Crippen LogP contribution >= 0.6 is 15.9 Å². The normalized spacial score (nSPS) is 24.8. The van der Waals surface area contributed by atoms with Gasteiger partial charge in [0.2, 0.25) is 0 Å². The lowest BCUT2D eigenvalue weighted by atomic mass is 9.84. The third-order valence-electron chi connectivity index (χ3n) is 4.98. The Morgan fingerprint density at radius 1 is 0.947 bits per heavy atom. The SMILES string of the molecule is Cc1c(C)c(C)c(C(Br)C2COC(C)C2)c(C)c1C. The quantitative estimate of drug-likeness (QED) is 0.688. The van der Waals surface area contributed by atoms with Gasteiger partial charge >= 0.3 is 0 Å². The molecule has 2 rings (SSSR count). The molecule has 1 heterocycles. The molecule has 2 heteroatoms. The van der Waals surface area contributed by atoms with Crippen molar-refractivity contribution < 1.29 is 4.74 Å². The van der Waals surface area contributed by atoms with Gasteiger partial charge in [0.25, 0.3) is 0 Å². The number of hydrogen-bond donors (Lipinski definition) is 0. The van der Waals surface area contributed by atoms with E-state index < -0.39 is 0 Å². The molecular formula is C17H25BrO. The van der Waals surface area contributed by atoms with Crippen LogP contribution in [0.5, 0.6) is 0 Å². The fraction of sp³-hybridized carbons (Fsp3) is 0.647. The number of benzene rings is 1. The molecule has 1 aliphatic rings. The molecule has 1 fully saturated rings. The van der Waals surface area contributed by atoms with Crippen LogP contribution in [0.4, 0.5) is 0 Å². The van der Waals surface area contributed by atoms with E-state index in [0.717, 1.165) is 13.0 Å². The molecule has 0 N–H and O–H groups in total. The number of ether oxygens (including phenoxy) is 1. The summed E-state index contributed by atoms with van der Waals surface area (Å²) >= 11 is 3.95. The molecule has 0 spiro atoms. The van der Waals surface area contributed by atoms with Gasteiger partial charge in [-0.05, 0) is 81.3 Å². The summed E-state index contributed by atoms with van der Waals surface area (Å²) in [5.41, 5.74) is 8.70. The van der Waals surface area contributed by atoms with Crippen LogP contribution in [-0.2, 0) is 4.74 Å². The predicted octanol–water partition coefficient (Wildman–Crippen LogP) is 5.09. The van der Waals surface area contributed by atoms with Crippen molar-refractivity contribution in [2.24, 2.45) is 5.92 Å². The monoisotopic (exact) mass is 324 g/mol. The Morgan fingerprint density at radius 2 is 1.42 bits per heavy atom. The molecule has 1 aromatic rings. The number of rotatable bonds is 2. The maximum absolute atomic E-state index is 5.74. The summed E-state index contributed by atoms with van der Waals surface area (Å²) in [6, 6.07) is 0. The third kappa shape index (κ3) is 2.62. The highest BCUT2D eigenvalue weighted by atomic mass is 79.9. The van der Waals surface area contributed by atoms with E-state index >= 15 is 0 Å². The van der Waals surface area contributed by atoms with E-state index in [2.05, 4.69) is 57.5 Å². The van der Waals surface area contributed by atoms with Crippen molar-refractivity contribution in [1.82, 2.24) is 0 Å². The average molecular weight is 325 g/mol. The van der Waals surface area contributed by atoms with Crippen LogP contribution in [0.15, 0.2) is 0 Å².